The number of nitrogens with one attached hydrogen (secondary N) is 1. The summed E-state index contributed by atoms with van der Waals surface area (Å²) in [6, 6.07) is 6.83. The van der Waals surface area contributed by atoms with E-state index < -0.39 is 11.9 Å². The molecule has 0 spiro atoms. The predicted octanol–water partition coefficient (Wildman–Crippen LogP) is 6.24. The van der Waals surface area contributed by atoms with E-state index in [4.69, 9.17) is 0 Å². The molecule has 0 aromatic carbocycles. The summed E-state index contributed by atoms with van der Waals surface area (Å²) in [5, 5.41) is 5.64. The Labute approximate surface area is 165 Å². The highest BCUT2D eigenvalue weighted by atomic mass is 32.1. The summed E-state index contributed by atoms with van der Waals surface area (Å²) in [4.78, 5) is 10.8. The van der Waals surface area contributed by atoms with Gasteiger partial charge in [-0.15, -0.1) is 11.3 Å². The number of halogens is 3. The number of rotatable bonds is 8. The second-order valence-electron chi connectivity index (χ2n) is 6.42. The Kier molecular flexibility index (Phi) is 6.61. The molecule has 0 aliphatic carbocycles. The fraction of sp³-hybridized carbons (Fsp3) is 0.350. The second-order valence-corrected chi connectivity index (χ2v) is 7.62. The summed E-state index contributed by atoms with van der Waals surface area (Å²) in [6.07, 6.45) is 6.88. The smallest absolute Gasteiger partial charge is 0.273 e. The third kappa shape index (κ3) is 5.51. The highest BCUT2D eigenvalue weighted by molar-refractivity contribution is 7.12. The van der Waals surface area contributed by atoms with Crippen molar-refractivity contribution >= 4 is 23.5 Å². The number of unbranched alkanes of at least 4 members (excludes halogenated alkanes) is 3. The molecule has 0 fully saturated rings. The summed E-state index contributed by atoms with van der Waals surface area (Å²) < 4.78 is 38.1. The zero-order valence-electron chi connectivity index (χ0n) is 15.5. The molecule has 3 aromatic heterocycles. The minimum Gasteiger partial charge on any atom is -0.273 e. The van der Waals surface area contributed by atoms with Crippen molar-refractivity contribution in [1.82, 2.24) is 20.2 Å². The Bertz CT molecular complexity index is 927. The van der Waals surface area contributed by atoms with Gasteiger partial charge in [-0.05, 0) is 49.3 Å². The molecule has 4 nitrogen and oxygen atoms in total. The maximum absolute atomic E-state index is 12.7. The molecule has 0 amide bonds. The van der Waals surface area contributed by atoms with Gasteiger partial charge < -0.3 is 0 Å². The Hall–Kier alpha value is -2.48. The SMILES string of the molecule is CCCCCCc1ccc(/C=C/c2ccnc(-c3cc(C(F)(F)F)[nH]n3)n2)s1. The summed E-state index contributed by atoms with van der Waals surface area (Å²) in [5.41, 5.74) is -0.246. The van der Waals surface area contributed by atoms with E-state index in [9.17, 15) is 13.2 Å². The van der Waals surface area contributed by atoms with Gasteiger partial charge in [0.25, 0.3) is 0 Å². The van der Waals surface area contributed by atoms with Gasteiger partial charge in [-0.1, -0.05) is 26.2 Å². The van der Waals surface area contributed by atoms with Crippen LogP contribution >= 0.6 is 11.3 Å². The second kappa shape index (κ2) is 9.14. The number of hydrogen-bond donors (Lipinski definition) is 1. The van der Waals surface area contributed by atoms with Crippen LogP contribution in [-0.2, 0) is 12.6 Å². The van der Waals surface area contributed by atoms with Crippen molar-refractivity contribution in [3.63, 3.8) is 0 Å². The lowest BCUT2D eigenvalue weighted by atomic mass is 10.1. The van der Waals surface area contributed by atoms with Crippen molar-refractivity contribution in [3.8, 4) is 11.5 Å². The van der Waals surface area contributed by atoms with Gasteiger partial charge in [-0.3, -0.25) is 5.10 Å². The third-order valence-electron chi connectivity index (χ3n) is 4.17. The fourth-order valence-electron chi connectivity index (χ4n) is 2.68. The zero-order chi connectivity index (χ0) is 20.0. The standard InChI is InChI=1S/C20H21F3N4S/c1-2-3-4-5-6-15-9-10-16(28-15)8-7-14-11-12-24-19(25-14)17-13-18(27-26-17)20(21,22)23/h7-13H,2-6H2,1H3,(H,26,27)/b8-7+. The van der Waals surface area contributed by atoms with E-state index in [1.165, 1.54) is 36.8 Å². The lowest BCUT2D eigenvalue weighted by molar-refractivity contribution is -0.141. The number of H-pyrrole nitrogens is 1. The van der Waals surface area contributed by atoms with Crippen LogP contribution in [-0.4, -0.2) is 20.2 Å². The van der Waals surface area contributed by atoms with Crippen LogP contribution in [0, 0.1) is 0 Å². The maximum atomic E-state index is 12.7. The van der Waals surface area contributed by atoms with Crippen molar-refractivity contribution in [2.45, 2.75) is 45.2 Å². The highest BCUT2D eigenvalue weighted by Crippen LogP contribution is 2.29. The van der Waals surface area contributed by atoms with Crippen LogP contribution in [0.1, 0.15) is 53.7 Å². The summed E-state index contributed by atoms with van der Waals surface area (Å²) in [7, 11) is 0. The summed E-state index contributed by atoms with van der Waals surface area (Å²) >= 11 is 1.74. The predicted molar refractivity (Wildman–Crippen MR) is 106 cm³/mol. The Morgan fingerprint density at radius 2 is 1.96 bits per heavy atom. The molecule has 0 radical (unpaired) electrons. The van der Waals surface area contributed by atoms with Gasteiger partial charge in [0.1, 0.15) is 11.4 Å². The first-order valence-corrected chi connectivity index (χ1v) is 10.00. The van der Waals surface area contributed by atoms with Gasteiger partial charge in [-0.25, -0.2) is 9.97 Å². The van der Waals surface area contributed by atoms with Crippen molar-refractivity contribution in [2.75, 3.05) is 0 Å². The normalized spacial score (nSPS) is 12.1. The third-order valence-corrected chi connectivity index (χ3v) is 5.28. The van der Waals surface area contributed by atoms with E-state index in [0.717, 1.165) is 17.4 Å². The van der Waals surface area contributed by atoms with Crippen molar-refractivity contribution in [3.05, 3.63) is 51.6 Å². The number of aryl methyl sites for hydroxylation is 1. The monoisotopic (exact) mass is 406 g/mol. The molecule has 0 unspecified atom stereocenters. The van der Waals surface area contributed by atoms with Gasteiger partial charge in [-0.2, -0.15) is 18.3 Å². The minimum absolute atomic E-state index is 0.0630. The van der Waals surface area contributed by atoms with E-state index in [0.29, 0.717) is 5.69 Å². The van der Waals surface area contributed by atoms with Crippen LogP contribution in [0.15, 0.2) is 30.5 Å². The molecule has 3 rings (SSSR count). The van der Waals surface area contributed by atoms with Gasteiger partial charge in [0.15, 0.2) is 5.82 Å². The van der Waals surface area contributed by atoms with Crippen LogP contribution in [0.2, 0.25) is 0 Å². The first-order chi connectivity index (χ1) is 13.5. The molecule has 148 valence electrons. The number of thiophene rings is 1. The number of hydrogen-bond acceptors (Lipinski definition) is 4. The Balaban J connectivity index is 1.66. The molecule has 1 N–H and O–H groups in total. The largest absolute Gasteiger partial charge is 0.432 e. The number of aromatic amines is 1. The van der Waals surface area contributed by atoms with Gasteiger partial charge in [0.2, 0.25) is 0 Å². The molecule has 0 aliphatic heterocycles. The zero-order valence-corrected chi connectivity index (χ0v) is 16.3. The van der Waals surface area contributed by atoms with Crippen LogP contribution in [0.3, 0.4) is 0 Å². The molecule has 0 saturated carbocycles. The van der Waals surface area contributed by atoms with Crippen LogP contribution in [0.4, 0.5) is 13.2 Å². The van der Waals surface area contributed by atoms with Gasteiger partial charge in [0, 0.05) is 16.0 Å². The molecule has 0 saturated heterocycles. The number of alkyl halides is 3. The maximum Gasteiger partial charge on any atom is 0.432 e. The van der Waals surface area contributed by atoms with Crippen molar-refractivity contribution in [1.29, 1.82) is 0 Å². The molecule has 3 heterocycles. The molecule has 0 atom stereocenters. The van der Waals surface area contributed by atoms with Crippen LogP contribution < -0.4 is 0 Å². The quantitative estimate of drug-likeness (QED) is 0.451. The molecule has 0 aliphatic rings. The van der Waals surface area contributed by atoms with Crippen LogP contribution in [0.25, 0.3) is 23.7 Å². The lowest BCUT2D eigenvalue weighted by Gasteiger charge is -2.00. The average Bonchev–Trinajstić information content (AvgIpc) is 3.33. The molecular weight excluding hydrogens is 385 g/mol. The molecule has 28 heavy (non-hydrogen) atoms. The van der Waals surface area contributed by atoms with Crippen LogP contribution in [0.5, 0.6) is 0 Å². The average molecular weight is 406 g/mol. The molecular formula is C20H21F3N4S. The summed E-state index contributed by atoms with van der Waals surface area (Å²) in [5.74, 6) is 0.150. The number of aromatic nitrogens is 4. The Morgan fingerprint density at radius 3 is 2.71 bits per heavy atom. The van der Waals surface area contributed by atoms with Gasteiger partial charge >= 0.3 is 6.18 Å². The van der Waals surface area contributed by atoms with E-state index in [2.05, 4.69) is 34.1 Å². The minimum atomic E-state index is -4.48. The van der Waals surface area contributed by atoms with Crippen molar-refractivity contribution in [2.24, 2.45) is 0 Å². The highest BCUT2D eigenvalue weighted by Gasteiger charge is 2.33. The van der Waals surface area contributed by atoms with E-state index in [-0.39, 0.29) is 11.5 Å². The fourth-order valence-corrected chi connectivity index (χ4v) is 3.64. The van der Waals surface area contributed by atoms with Gasteiger partial charge in [0.05, 0.1) is 5.69 Å². The first-order valence-electron chi connectivity index (χ1n) is 9.18. The lowest BCUT2D eigenvalue weighted by Crippen LogP contribution is -2.04. The van der Waals surface area contributed by atoms with Crippen molar-refractivity contribution < 1.29 is 13.2 Å². The number of nitrogens with zero attached hydrogens (tertiary/aromatic N) is 3. The summed E-state index contributed by atoms with van der Waals surface area (Å²) in [6.45, 7) is 2.20. The molecule has 8 heteroatoms. The van der Waals surface area contributed by atoms with E-state index in [1.807, 2.05) is 17.3 Å². The van der Waals surface area contributed by atoms with E-state index in [1.54, 1.807) is 17.4 Å². The molecule has 0 bridgehead atoms. The molecule has 3 aromatic rings. The Morgan fingerprint density at radius 1 is 1.11 bits per heavy atom. The first kappa shape index (κ1) is 20.3. The topological polar surface area (TPSA) is 54.5 Å². The van der Waals surface area contributed by atoms with E-state index >= 15 is 0 Å².